The molecule has 30 heavy (non-hydrogen) atoms. The molecule has 156 valence electrons. The second kappa shape index (κ2) is 7.15. The van der Waals surface area contributed by atoms with Crippen molar-refractivity contribution in [3.63, 3.8) is 0 Å². The second-order valence-electron chi connectivity index (χ2n) is 9.11. The lowest BCUT2D eigenvalue weighted by Gasteiger charge is -2.49. The molecule has 2 aliphatic carbocycles. The molecule has 3 aromatic rings. The first kappa shape index (κ1) is 18.0. The highest BCUT2D eigenvalue weighted by atomic mass is 16.5. The van der Waals surface area contributed by atoms with Crippen LogP contribution in [0.25, 0.3) is 10.9 Å². The summed E-state index contributed by atoms with van der Waals surface area (Å²) in [6, 6.07) is 8.30. The number of aromatic amines is 1. The summed E-state index contributed by atoms with van der Waals surface area (Å²) < 4.78 is 5.43. The van der Waals surface area contributed by atoms with Crippen LogP contribution in [0.1, 0.15) is 43.1 Å². The van der Waals surface area contributed by atoms with E-state index in [2.05, 4.69) is 49.7 Å². The predicted octanol–water partition coefficient (Wildman–Crippen LogP) is 3.25. The van der Waals surface area contributed by atoms with E-state index in [1.165, 1.54) is 10.9 Å². The average Bonchev–Trinajstić information content (AvgIpc) is 3.33. The Morgan fingerprint density at radius 3 is 3.07 bits per heavy atom. The number of rotatable bonds is 6. The molecular weight excluding hydrogens is 378 g/mol. The molecule has 0 bridgehead atoms. The Kier molecular flexibility index (Phi) is 4.28. The summed E-state index contributed by atoms with van der Waals surface area (Å²) in [7, 11) is 0. The maximum atomic E-state index is 12.8. The number of para-hydroxylation sites is 1. The Hall–Kier alpha value is -2.83. The van der Waals surface area contributed by atoms with Crippen molar-refractivity contribution in [2.75, 3.05) is 24.5 Å². The van der Waals surface area contributed by atoms with Gasteiger partial charge in [0.25, 0.3) is 5.95 Å². The SMILES string of the molecule is O=C(NCCc1c[nH]c2ccccc12)[C@@H]1C[C@H]2CCN(c3noc(C4CC4)n3)C[C@H]21. The second-order valence-corrected chi connectivity index (χ2v) is 9.11. The van der Waals surface area contributed by atoms with Crippen LogP contribution >= 0.6 is 0 Å². The molecule has 6 rings (SSSR count). The van der Waals surface area contributed by atoms with Crippen molar-refractivity contribution >= 4 is 22.8 Å². The lowest BCUT2D eigenvalue weighted by atomic mass is 9.61. The summed E-state index contributed by atoms with van der Waals surface area (Å²) >= 11 is 0. The Balaban J connectivity index is 1.04. The van der Waals surface area contributed by atoms with E-state index in [0.29, 0.717) is 30.2 Å². The fourth-order valence-electron chi connectivity index (χ4n) is 5.21. The third-order valence-corrected chi connectivity index (χ3v) is 7.23. The van der Waals surface area contributed by atoms with E-state index in [0.717, 1.165) is 56.6 Å². The third-order valence-electron chi connectivity index (χ3n) is 7.23. The van der Waals surface area contributed by atoms with Gasteiger partial charge in [-0.3, -0.25) is 4.79 Å². The molecule has 0 unspecified atom stereocenters. The molecule has 3 heterocycles. The van der Waals surface area contributed by atoms with Crippen molar-refractivity contribution < 1.29 is 9.32 Å². The van der Waals surface area contributed by atoms with Gasteiger partial charge in [-0.15, -0.1) is 0 Å². The van der Waals surface area contributed by atoms with Gasteiger partial charge in [-0.25, -0.2) is 0 Å². The van der Waals surface area contributed by atoms with E-state index in [4.69, 9.17) is 4.52 Å². The summed E-state index contributed by atoms with van der Waals surface area (Å²) in [4.78, 5) is 22.9. The minimum atomic E-state index is 0.107. The third kappa shape index (κ3) is 3.16. The van der Waals surface area contributed by atoms with Gasteiger partial charge in [0.05, 0.1) is 0 Å². The van der Waals surface area contributed by atoms with Gasteiger partial charge in [0.15, 0.2) is 0 Å². The molecule has 1 aliphatic heterocycles. The Morgan fingerprint density at radius 2 is 2.17 bits per heavy atom. The number of carbonyl (C=O) groups is 1. The van der Waals surface area contributed by atoms with Gasteiger partial charge in [0.2, 0.25) is 11.8 Å². The number of piperidine rings is 1. The first-order valence-electron chi connectivity index (χ1n) is 11.2. The number of anilines is 1. The predicted molar refractivity (Wildman–Crippen MR) is 113 cm³/mol. The smallest absolute Gasteiger partial charge is 0.266 e. The standard InChI is InChI=1S/C23H27N5O2/c29-21(24-9-7-16-12-25-20-4-2-1-3-17(16)20)18-11-15-8-10-28(13-19(15)18)23-26-22(30-27-23)14-5-6-14/h1-4,12,14-15,18-19,25H,5-11,13H2,(H,24,29)/t15-,18-,19-/m1/s1. The molecule has 2 saturated carbocycles. The zero-order chi connectivity index (χ0) is 20.1. The number of nitrogens with zero attached hydrogens (tertiary/aromatic N) is 3. The highest BCUT2D eigenvalue weighted by molar-refractivity contribution is 5.83. The molecule has 2 aromatic heterocycles. The van der Waals surface area contributed by atoms with E-state index < -0.39 is 0 Å². The topological polar surface area (TPSA) is 87.0 Å². The minimum Gasteiger partial charge on any atom is -0.361 e. The fourth-order valence-corrected chi connectivity index (χ4v) is 5.21. The summed E-state index contributed by atoms with van der Waals surface area (Å²) in [5, 5.41) is 8.62. The molecule has 3 aliphatic rings. The highest BCUT2D eigenvalue weighted by Gasteiger charge is 2.48. The molecule has 3 fully saturated rings. The molecule has 1 aromatic carbocycles. The number of hydrogen-bond donors (Lipinski definition) is 2. The van der Waals surface area contributed by atoms with Gasteiger partial charge in [-0.1, -0.05) is 18.2 Å². The van der Waals surface area contributed by atoms with Crippen LogP contribution in [0.15, 0.2) is 35.0 Å². The number of fused-ring (bicyclic) bond motifs is 2. The van der Waals surface area contributed by atoms with Crippen molar-refractivity contribution in [3.05, 3.63) is 41.9 Å². The molecule has 7 heteroatoms. The van der Waals surface area contributed by atoms with E-state index in [9.17, 15) is 4.79 Å². The Labute approximate surface area is 175 Å². The van der Waals surface area contributed by atoms with Gasteiger partial charge in [-0.05, 0) is 60.7 Å². The number of carbonyl (C=O) groups excluding carboxylic acids is 1. The lowest BCUT2D eigenvalue weighted by molar-refractivity contribution is -0.133. The van der Waals surface area contributed by atoms with Crippen molar-refractivity contribution in [2.45, 2.75) is 38.0 Å². The quantitative estimate of drug-likeness (QED) is 0.657. The summed E-state index contributed by atoms with van der Waals surface area (Å²) in [6.45, 7) is 2.49. The normalized spacial score (nSPS) is 25.7. The largest absolute Gasteiger partial charge is 0.361 e. The number of benzene rings is 1. The maximum absolute atomic E-state index is 12.8. The van der Waals surface area contributed by atoms with Crippen LogP contribution in [0.4, 0.5) is 5.95 Å². The van der Waals surface area contributed by atoms with Crippen LogP contribution in [-0.2, 0) is 11.2 Å². The van der Waals surface area contributed by atoms with Crippen LogP contribution < -0.4 is 10.2 Å². The molecular formula is C23H27N5O2. The lowest BCUT2D eigenvalue weighted by Crippen LogP contribution is -2.55. The van der Waals surface area contributed by atoms with Crippen molar-refractivity contribution in [2.24, 2.45) is 17.8 Å². The van der Waals surface area contributed by atoms with Crippen LogP contribution in [0.5, 0.6) is 0 Å². The first-order chi connectivity index (χ1) is 14.8. The average molecular weight is 406 g/mol. The van der Waals surface area contributed by atoms with Crippen molar-refractivity contribution in [1.29, 1.82) is 0 Å². The molecule has 0 radical (unpaired) electrons. The molecule has 3 atom stereocenters. The Morgan fingerprint density at radius 1 is 1.27 bits per heavy atom. The van der Waals surface area contributed by atoms with Gasteiger partial charge in [0.1, 0.15) is 0 Å². The Bertz CT molecular complexity index is 1070. The van der Waals surface area contributed by atoms with Crippen molar-refractivity contribution in [1.82, 2.24) is 20.4 Å². The van der Waals surface area contributed by atoms with Gasteiger partial charge in [-0.2, -0.15) is 4.98 Å². The fraction of sp³-hybridized carbons (Fsp3) is 0.522. The number of H-pyrrole nitrogens is 1. The number of aromatic nitrogens is 3. The zero-order valence-electron chi connectivity index (χ0n) is 17.0. The molecule has 1 amide bonds. The zero-order valence-corrected chi connectivity index (χ0v) is 17.0. The summed E-state index contributed by atoms with van der Waals surface area (Å²) in [5.74, 6) is 3.33. The highest BCUT2D eigenvalue weighted by Crippen LogP contribution is 2.46. The minimum absolute atomic E-state index is 0.107. The molecule has 2 N–H and O–H groups in total. The van der Waals surface area contributed by atoms with E-state index in [1.54, 1.807) is 0 Å². The van der Waals surface area contributed by atoms with Crippen LogP contribution in [-0.4, -0.2) is 40.7 Å². The summed E-state index contributed by atoms with van der Waals surface area (Å²) in [6.07, 6.45) is 7.33. The van der Waals surface area contributed by atoms with Gasteiger partial charge >= 0.3 is 0 Å². The number of amides is 1. The maximum Gasteiger partial charge on any atom is 0.266 e. The monoisotopic (exact) mass is 405 g/mol. The van der Waals surface area contributed by atoms with Crippen LogP contribution in [0.3, 0.4) is 0 Å². The van der Waals surface area contributed by atoms with Crippen molar-refractivity contribution in [3.8, 4) is 0 Å². The van der Waals surface area contributed by atoms with Crippen LogP contribution in [0, 0.1) is 17.8 Å². The van der Waals surface area contributed by atoms with Gasteiger partial charge in [0, 0.05) is 48.6 Å². The molecule has 7 nitrogen and oxygen atoms in total. The number of nitrogens with one attached hydrogen (secondary N) is 2. The number of hydrogen-bond acceptors (Lipinski definition) is 5. The van der Waals surface area contributed by atoms with E-state index >= 15 is 0 Å². The molecule has 0 spiro atoms. The molecule has 1 saturated heterocycles. The first-order valence-corrected chi connectivity index (χ1v) is 11.2. The van der Waals surface area contributed by atoms with Crippen LogP contribution in [0.2, 0.25) is 0 Å². The van der Waals surface area contributed by atoms with Gasteiger partial charge < -0.3 is 19.7 Å². The summed E-state index contributed by atoms with van der Waals surface area (Å²) in [5.41, 5.74) is 2.40. The van der Waals surface area contributed by atoms with E-state index in [-0.39, 0.29) is 11.8 Å². The van der Waals surface area contributed by atoms with E-state index in [1.807, 2.05) is 6.07 Å².